The van der Waals surface area contributed by atoms with Crippen LogP contribution in [0.3, 0.4) is 0 Å². The Balaban J connectivity index is 1.77. The summed E-state index contributed by atoms with van der Waals surface area (Å²) in [6, 6.07) is 11.4. The predicted molar refractivity (Wildman–Crippen MR) is 103 cm³/mol. The largest absolute Gasteiger partial charge is 0.370 e. The Morgan fingerprint density at radius 3 is 2.50 bits per heavy atom. The number of carbonyl (C=O) groups excluding carboxylic acids is 2. The van der Waals surface area contributed by atoms with Crippen LogP contribution >= 0.6 is 15.9 Å². The van der Waals surface area contributed by atoms with Crippen LogP contribution in [0.25, 0.3) is 0 Å². The molecular weight excluding hydrogens is 401 g/mol. The standard InChI is InChI=1S/C19H19BrFN3O2/c20-15-11-13(21)5-6-14(15)19(26)23-16-3-1-2-4-17(16)24-9-7-12(8-10-24)18(22)25/h1-6,11-12H,7-10H2,(H2,22,25)(H,23,26). The zero-order valence-corrected chi connectivity index (χ0v) is 15.6. The van der Waals surface area contributed by atoms with E-state index < -0.39 is 5.82 Å². The summed E-state index contributed by atoms with van der Waals surface area (Å²) in [4.78, 5) is 26.1. The second-order valence-electron chi connectivity index (χ2n) is 6.26. The number of halogens is 2. The zero-order valence-electron chi connectivity index (χ0n) is 14.0. The molecule has 0 bridgehead atoms. The molecule has 0 aliphatic carbocycles. The van der Waals surface area contributed by atoms with E-state index in [-0.39, 0.29) is 17.7 Å². The molecule has 3 N–H and O–H groups in total. The summed E-state index contributed by atoms with van der Waals surface area (Å²) in [5.41, 5.74) is 7.31. The molecular formula is C19H19BrFN3O2. The molecule has 1 aliphatic rings. The Morgan fingerprint density at radius 1 is 1.15 bits per heavy atom. The van der Waals surface area contributed by atoms with Crippen LogP contribution in [0.4, 0.5) is 15.8 Å². The third-order valence-corrected chi connectivity index (χ3v) is 5.22. The number of primary amides is 1. The van der Waals surface area contributed by atoms with Crippen LogP contribution in [-0.4, -0.2) is 24.9 Å². The first-order valence-corrected chi connectivity index (χ1v) is 9.14. The fraction of sp³-hybridized carbons (Fsp3) is 0.263. The number of benzene rings is 2. The lowest BCUT2D eigenvalue weighted by Crippen LogP contribution is -2.38. The normalized spacial score (nSPS) is 14.9. The highest BCUT2D eigenvalue weighted by Crippen LogP contribution is 2.30. The number of hydrogen-bond donors (Lipinski definition) is 2. The minimum absolute atomic E-state index is 0.0943. The van der Waals surface area contributed by atoms with Gasteiger partial charge in [0.2, 0.25) is 5.91 Å². The summed E-state index contributed by atoms with van der Waals surface area (Å²) in [5, 5.41) is 2.89. The maximum Gasteiger partial charge on any atom is 0.256 e. The van der Waals surface area contributed by atoms with Gasteiger partial charge in [0.1, 0.15) is 5.82 Å². The Morgan fingerprint density at radius 2 is 1.85 bits per heavy atom. The van der Waals surface area contributed by atoms with Crippen molar-refractivity contribution < 1.29 is 14.0 Å². The van der Waals surface area contributed by atoms with Crippen molar-refractivity contribution in [3.8, 4) is 0 Å². The predicted octanol–water partition coefficient (Wildman–Crippen LogP) is 3.54. The first kappa shape index (κ1) is 18.4. The van der Waals surface area contributed by atoms with E-state index in [0.29, 0.717) is 41.7 Å². The number of nitrogens with one attached hydrogen (secondary N) is 1. The van der Waals surface area contributed by atoms with Gasteiger partial charge in [-0.05, 0) is 59.1 Å². The van der Waals surface area contributed by atoms with E-state index in [2.05, 4.69) is 26.1 Å². The van der Waals surface area contributed by atoms with Crippen LogP contribution in [-0.2, 0) is 4.79 Å². The van der Waals surface area contributed by atoms with Crippen molar-refractivity contribution >= 4 is 39.1 Å². The highest BCUT2D eigenvalue weighted by molar-refractivity contribution is 9.10. The molecule has 26 heavy (non-hydrogen) atoms. The second-order valence-corrected chi connectivity index (χ2v) is 7.11. The summed E-state index contributed by atoms with van der Waals surface area (Å²) < 4.78 is 13.6. The number of nitrogens with zero attached hydrogens (tertiary/aromatic N) is 1. The summed E-state index contributed by atoms with van der Waals surface area (Å²) in [5.74, 6) is -1.09. The minimum atomic E-state index is -0.411. The summed E-state index contributed by atoms with van der Waals surface area (Å²) in [6.07, 6.45) is 1.39. The minimum Gasteiger partial charge on any atom is -0.370 e. The first-order chi connectivity index (χ1) is 12.5. The van der Waals surface area contributed by atoms with Crippen molar-refractivity contribution in [3.63, 3.8) is 0 Å². The first-order valence-electron chi connectivity index (χ1n) is 8.35. The van der Waals surface area contributed by atoms with Gasteiger partial charge in [-0.15, -0.1) is 0 Å². The van der Waals surface area contributed by atoms with Gasteiger partial charge in [0, 0.05) is 23.5 Å². The Kier molecular flexibility index (Phi) is 5.56. The maximum atomic E-state index is 13.2. The number of piperidine rings is 1. The number of nitrogens with two attached hydrogens (primary N) is 1. The van der Waals surface area contributed by atoms with Gasteiger partial charge < -0.3 is 16.0 Å². The Labute approximate surface area is 159 Å². The van der Waals surface area contributed by atoms with E-state index in [1.807, 2.05) is 24.3 Å². The van der Waals surface area contributed by atoms with Crippen LogP contribution < -0.4 is 16.0 Å². The van der Waals surface area contributed by atoms with Crippen LogP contribution in [0.5, 0.6) is 0 Å². The van der Waals surface area contributed by atoms with E-state index in [4.69, 9.17) is 5.73 Å². The lowest BCUT2D eigenvalue weighted by molar-refractivity contribution is -0.122. The molecule has 7 heteroatoms. The van der Waals surface area contributed by atoms with Gasteiger partial charge in [-0.2, -0.15) is 0 Å². The molecule has 0 unspecified atom stereocenters. The van der Waals surface area contributed by atoms with E-state index in [0.717, 1.165) is 5.69 Å². The lowest BCUT2D eigenvalue weighted by atomic mass is 9.96. The Hall–Kier alpha value is -2.41. The summed E-state index contributed by atoms with van der Waals surface area (Å²) in [7, 11) is 0. The molecule has 1 saturated heterocycles. The van der Waals surface area contributed by atoms with Crippen LogP contribution in [0.1, 0.15) is 23.2 Å². The van der Waals surface area contributed by atoms with Crippen molar-refractivity contribution in [2.45, 2.75) is 12.8 Å². The Bertz CT molecular complexity index is 835. The van der Waals surface area contributed by atoms with Crippen molar-refractivity contribution in [2.75, 3.05) is 23.3 Å². The van der Waals surface area contributed by atoms with E-state index in [9.17, 15) is 14.0 Å². The SMILES string of the molecule is NC(=O)C1CCN(c2ccccc2NC(=O)c2ccc(F)cc2Br)CC1. The van der Waals surface area contributed by atoms with E-state index in [1.165, 1.54) is 18.2 Å². The molecule has 0 radical (unpaired) electrons. The van der Waals surface area contributed by atoms with E-state index >= 15 is 0 Å². The number of anilines is 2. The van der Waals surface area contributed by atoms with E-state index in [1.54, 1.807) is 0 Å². The summed E-state index contributed by atoms with van der Waals surface area (Å²) >= 11 is 3.22. The highest BCUT2D eigenvalue weighted by Gasteiger charge is 2.24. The molecule has 5 nitrogen and oxygen atoms in total. The topological polar surface area (TPSA) is 75.4 Å². The second kappa shape index (κ2) is 7.86. The smallest absolute Gasteiger partial charge is 0.256 e. The lowest BCUT2D eigenvalue weighted by Gasteiger charge is -2.33. The number of hydrogen-bond acceptors (Lipinski definition) is 3. The fourth-order valence-corrected chi connectivity index (χ4v) is 3.65. The molecule has 2 aromatic carbocycles. The van der Waals surface area contributed by atoms with Crippen molar-refractivity contribution in [2.24, 2.45) is 11.7 Å². The van der Waals surface area contributed by atoms with Crippen LogP contribution in [0, 0.1) is 11.7 Å². The number of carbonyl (C=O) groups is 2. The van der Waals surface area contributed by atoms with Gasteiger partial charge in [0.05, 0.1) is 16.9 Å². The molecule has 2 aromatic rings. The zero-order chi connectivity index (χ0) is 18.7. The molecule has 1 heterocycles. The van der Waals surface area contributed by atoms with Gasteiger partial charge in [0.15, 0.2) is 0 Å². The van der Waals surface area contributed by atoms with Crippen molar-refractivity contribution in [1.29, 1.82) is 0 Å². The van der Waals surface area contributed by atoms with Crippen LogP contribution in [0.15, 0.2) is 46.9 Å². The quantitative estimate of drug-likeness (QED) is 0.795. The molecule has 2 amide bonds. The molecule has 0 atom stereocenters. The monoisotopic (exact) mass is 419 g/mol. The van der Waals surface area contributed by atoms with Gasteiger partial charge in [-0.25, -0.2) is 4.39 Å². The van der Waals surface area contributed by atoms with Gasteiger partial charge in [-0.3, -0.25) is 9.59 Å². The average molecular weight is 420 g/mol. The van der Waals surface area contributed by atoms with Gasteiger partial charge >= 0.3 is 0 Å². The molecule has 136 valence electrons. The number of rotatable bonds is 4. The highest BCUT2D eigenvalue weighted by atomic mass is 79.9. The molecule has 1 aliphatic heterocycles. The molecule has 1 fully saturated rings. The number of para-hydroxylation sites is 2. The summed E-state index contributed by atoms with van der Waals surface area (Å²) in [6.45, 7) is 1.39. The van der Waals surface area contributed by atoms with Gasteiger partial charge in [-0.1, -0.05) is 12.1 Å². The third-order valence-electron chi connectivity index (χ3n) is 4.57. The third kappa shape index (κ3) is 4.04. The molecule has 0 saturated carbocycles. The average Bonchev–Trinajstić information content (AvgIpc) is 2.62. The van der Waals surface area contributed by atoms with Crippen molar-refractivity contribution in [3.05, 3.63) is 58.3 Å². The molecule has 3 rings (SSSR count). The maximum absolute atomic E-state index is 13.2. The van der Waals surface area contributed by atoms with Crippen LogP contribution in [0.2, 0.25) is 0 Å². The molecule has 0 aromatic heterocycles. The number of amides is 2. The van der Waals surface area contributed by atoms with Crippen molar-refractivity contribution in [1.82, 2.24) is 0 Å². The molecule has 0 spiro atoms. The van der Waals surface area contributed by atoms with Gasteiger partial charge in [0.25, 0.3) is 5.91 Å². The fourth-order valence-electron chi connectivity index (χ4n) is 3.12.